The van der Waals surface area contributed by atoms with Crippen molar-refractivity contribution in [1.82, 2.24) is 5.32 Å². The van der Waals surface area contributed by atoms with Crippen molar-refractivity contribution in [3.8, 4) is 0 Å². The van der Waals surface area contributed by atoms with Gasteiger partial charge in [0.15, 0.2) is 6.10 Å². The fourth-order valence-corrected chi connectivity index (χ4v) is 1.95. The van der Waals surface area contributed by atoms with E-state index in [1.807, 2.05) is 0 Å². The highest BCUT2D eigenvalue weighted by molar-refractivity contribution is 5.82. The number of hydrogen-bond acceptors (Lipinski definition) is 8. The van der Waals surface area contributed by atoms with Crippen molar-refractivity contribution < 1.29 is 39.9 Å². The first kappa shape index (κ1) is 17.8. The molecule has 0 radical (unpaired) electrons. The summed E-state index contributed by atoms with van der Waals surface area (Å²) < 4.78 is 5.03. The van der Waals surface area contributed by atoms with Gasteiger partial charge in [-0.15, -0.1) is 0 Å². The number of ether oxygens (including phenoxy) is 1. The highest BCUT2D eigenvalue weighted by atomic mass is 16.6. The summed E-state index contributed by atoms with van der Waals surface area (Å²) in [6, 6.07) is 0. The molecule has 1 rings (SSSR count). The van der Waals surface area contributed by atoms with Crippen LogP contribution in [-0.4, -0.2) is 87.1 Å². The Kier molecular flexibility index (Phi) is 6.45. The fourth-order valence-electron chi connectivity index (χ4n) is 1.95. The molecule has 0 saturated carbocycles. The molecule has 6 atom stereocenters. The molecule has 10 heteroatoms. The second kappa shape index (κ2) is 7.64. The Morgan fingerprint density at radius 2 is 1.81 bits per heavy atom. The SMILES string of the molecule is NC(=O)CCNC(=O)C(O)C1O[C@H](CO)[C@@H](O)[C@H](O)C1O. The maximum atomic E-state index is 11.6. The van der Waals surface area contributed by atoms with Gasteiger partial charge in [-0.25, -0.2) is 0 Å². The van der Waals surface area contributed by atoms with Crippen LogP contribution in [0.2, 0.25) is 0 Å². The first-order valence-electron chi connectivity index (χ1n) is 6.34. The van der Waals surface area contributed by atoms with Gasteiger partial charge in [0.2, 0.25) is 5.91 Å². The van der Waals surface area contributed by atoms with Gasteiger partial charge in [0.25, 0.3) is 5.91 Å². The Labute approximate surface area is 120 Å². The van der Waals surface area contributed by atoms with Crippen LogP contribution in [0.15, 0.2) is 0 Å². The monoisotopic (exact) mass is 308 g/mol. The van der Waals surface area contributed by atoms with Gasteiger partial charge in [-0.1, -0.05) is 0 Å². The van der Waals surface area contributed by atoms with Gasteiger partial charge < -0.3 is 41.3 Å². The molecule has 1 aliphatic heterocycles. The van der Waals surface area contributed by atoms with Gasteiger partial charge in [0.05, 0.1) is 6.61 Å². The van der Waals surface area contributed by atoms with Gasteiger partial charge in [-0.05, 0) is 0 Å². The Morgan fingerprint density at radius 1 is 1.19 bits per heavy atom. The Bertz CT molecular complexity index is 377. The second-order valence-corrected chi connectivity index (χ2v) is 4.75. The molecule has 0 aromatic carbocycles. The van der Waals surface area contributed by atoms with E-state index >= 15 is 0 Å². The number of nitrogens with one attached hydrogen (secondary N) is 1. The zero-order valence-corrected chi connectivity index (χ0v) is 11.1. The third-order valence-electron chi connectivity index (χ3n) is 3.18. The van der Waals surface area contributed by atoms with Crippen molar-refractivity contribution in [2.45, 2.75) is 43.0 Å². The lowest BCUT2D eigenvalue weighted by Gasteiger charge is -2.41. The summed E-state index contributed by atoms with van der Waals surface area (Å²) in [5, 5.41) is 49.9. The smallest absolute Gasteiger partial charge is 0.251 e. The second-order valence-electron chi connectivity index (χ2n) is 4.75. The maximum Gasteiger partial charge on any atom is 0.251 e. The minimum atomic E-state index is -1.86. The van der Waals surface area contributed by atoms with Gasteiger partial charge in [-0.3, -0.25) is 9.59 Å². The molecule has 1 saturated heterocycles. The summed E-state index contributed by atoms with van der Waals surface area (Å²) in [6.45, 7) is -0.778. The van der Waals surface area contributed by atoms with Crippen molar-refractivity contribution in [2.75, 3.05) is 13.2 Å². The molecule has 1 heterocycles. The predicted octanol–water partition coefficient (Wildman–Crippen LogP) is -4.82. The molecule has 0 aromatic rings. The number of primary amides is 1. The number of hydrogen-bond donors (Lipinski definition) is 7. The van der Waals surface area contributed by atoms with Gasteiger partial charge in [0.1, 0.15) is 30.5 Å². The zero-order chi connectivity index (χ0) is 16.2. The fraction of sp³-hybridized carbons (Fsp3) is 0.818. The van der Waals surface area contributed by atoms with Crippen LogP contribution in [0.3, 0.4) is 0 Å². The van der Waals surface area contributed by atoms with E-state index in [9.17, 15) is 30.0 Å². The number of amides is 2. The standard InChI is InChI=1S/C11H20N2O8/c12-5(15)1-2-13-11(20)9(19)10-8(18)7(17)6(16)4(3-14)21-10/h4,6-10,14,16-19H,1-3H2,(H2,12,15)(H,13,20)/t4-,6-,7+,8?,9?,10?/m1/s1. The van der Waals surface area contributed by atoms with E-state index in [-0.39, 0.29) is 13.0 Å². The van der Waals surface area contributed by atoms with E-state index in [2.05, 4.69) is 5.32 Å². The third kappa shape index (κ3) is 4.33. The molecule has 0 aliphatic carbocycles. The van der Waals surface area contributed by atoms with Crippen LogP contribution in [0.1, 0.15) is 6.42 Å². The highest BCUT2D eigenvalue weighted by Gasteiger charge is 2.47. The van der Waals surface area contributed by atoms with Gasteiger partial charge in [0, 0.05) is 13.0 Å². The minimum absolute atomic E-state index is 0.108. The minimum Gasteiger partial charge on any atom is -0.394 e. The van der Waals surface area contributed by atoms with Crippen molar-refractivity contribution in [3.05, 3.63) is 0 Å². The Morgan fingerprint density at radius 3 is 2.33 bits per heavy atom. The zero-order valence-electron chi connectivity index (χ0n) is 11.1. The molecule has 8 N–H and O–H groups in total. The van der Waals surface area contributed by atoms with Crippen LogP contribution < -0.4 is 11.1 Å². The molecule has 122 valence electrons. The highest BCUT2D eigenvalue weighted by Crippen LogP contribution is 2.23. The van der Waals surface area contributed by atoms with E-state index in [1.54, 1.807) is 0 Å². The molecular weight excluding hydrogens is 288 g/mol. The van der Waals surface area contributed by atoms with E-state index < -0.39 is 55.0 Å². The average Bonchev–Trinajstić information content (AvgIpc) is 2.44. The number of aliphatic hydroxyl groups is 5. The van der Waals surface area contributed by atoms with Crippen LogP contribution in [0.25, 0.3) is 0 Å². The number of carbonyl (C=O) groups excluding carboxylic acids is 2. The summed E-state index contributed by atoms with van der Waals surface area (Å²) in [5.41, 5.74) is 4.88. The molecule has 0 aromatic heterocycles. The number of carbonyl (C=O) groups is 2. The molecule has 0 bridgehead atoms. The summed E-state index contributed by atoms with van der Waals surface area (Å²) in [5.74, 6) is -1.58. The van der Waals surface area contributed by atoms with Gasteiger partial charge in [-0.2, -0.15) is 0 Å². The molecule has 10 nitrogen and oxygen atoms in total. The van der Waals surface area contributed by atoms with E-state index in [1.165, 1.54) is 0 Å². The summed E-state index contributed by atoms with van der Waals surface area (Å²) >= 11 is 0. The quantitative estimate of drug-likeness (QED) is 0.255. The van der Waals surface area contributed by atoms with Gasteiger partial charge >= 0.3 is 0 Å². The first-order chi connectivity index (χ1) is 9.79. The third-order valence-corrected chi connectivity index (χ3v) is 3.18. The van der Waals surface area contributed by atoms with Crippen LogP contribution in [0, 0.1) is 0 Å². The van der Waals surface area contributed by atoms with E-state index in [4.69, 9.17) is 15.6 Å². The Hall–Kier alpha value is -1.30. The molecule has 1 aliphatic rings. The largest absolute Gasteiger partial charge is 0.394 e. The van der Waals surface area contributed by atoms with Crippen molar-refractivity contribution in [1.29, 1.82) is 0 Å². The topological polar surface area (TPSA) is 183 Å². The lowest BCUT2D eigenvalue weighted by molar-refractivity contribution is -0.247. The lowest BCUT2D eigenvalue weighted by atomic mass is 9.92. The van der Waals surface area contributed by atoms with Crippen LogP contribution in [0.5, 0.6) is 0 Å². The number of nitrogens with two attached hydrogens (primary N) is 1. The lowest BCUT2D eigenvalue weighted by Crippen LogP contribution is -2.63. The molecule has 0 spiro atoms. The predicted molar refractivity (Wildman–Crippen MR) is 66.6 cm³/mol. The van der Waals surface area contributed by atoms with Crippen molar-refractivity contribution in [3.63, 3.8) is 0 Å². The van der Waals surface area contributed by atoms with Crippen LogP contribution >= 0.6 is 0 Å². The Balaban J connectivity index is 2.64. The van der Waals surface area contributed by atoms with E-state index in [0.717, 1.165) is 0 Å². The van der Waals surface area contributed by atoms with Crippen LogP contribution in [0.4, 0.5) is 0 Å². The van der Waals surface area contributed by atoms with Crippen molar-refractivity contribution in [2.24, 2.45) is 5.73 Å². The molecule has 3 unspecified atom stereocenters. The maximum absolute atomic E-state index is 11.6. The average molecular weight is 308 g/mol. The van der Waals surface area contributed by atoms with Crippen LogP contribution in [-0.2, 0) is 14.3 Å². The van der Waals surface area contributed by atoms with E-state index in [0.29, 0.717) is 0 Å². The summed E-state index contributed by atoms with van der Waals surface area (Å²) in [7, 11) is 0. The summed E-state index contributed by atoms with van der Waals surface area (Å²) in [6.07, 6.45) is -9.73. The summed E-state index contributed by atoms with van der Waals surface area (Å²) in [4.78, 5) is 22.2. The molecule has 21 heavy (non-hydrogen) atoms. The number of aliphatic hydroxyl groups excluding tert-OH is 5. The normalized spacial score (nSPS) is 34.2. The number of rotatable bonds is 6. The molecular formula is C11H20N2O8. The first-order valence-corrected chi connectivity index (χ1v) is 6.34. The molecule has 2 amide bonds. The molecule has 1 fully saturated rings. The van der Waals surface area contributed by atoms with Crippen molar-refractivity contribution >= 4 is 11.8 Å².